The average molecular weight is 432 g/mol. The molecule has 3 aromatic carbocycles. The third kappa shape index (κ3) is 6.49. The van der Waals surface area contributed by atoms with E-state index in [1.165, 1.54) is 30.5 Å². The van der Waals surface area contributed by atoms with Gasteiger partial charge in [-0.3, -0.25) is 14.9 Å². The summed E-state index contributed by atoms with van der Waals surface area (Å²) >= 11 is 0. The van der Waals surface area contributed by atoms with Gasteiger partial charge in [-0.1, -0.05) is 29.8 Å². The van der Waals surface area contributed by atoms with Crippen LogP contribution >= 0.6 is 0 Å². The maximum Gasteiger partial charge on any atom is 0.343 e. The minimum absolute atomic E-state index is 0.0628. The second-order valence-corrected chi connectivity index (χ2v) is 6.78. The van der Waals surface area contributed by atoms with Crippen LogP contribution in [0.3, 0.4) is 0 Å². The van der Waals surface area contributed by atoms with Crippen molar-refractivity contribution in [2.24, 2.45) is 5.10 Å². The Bertz CT molecular complexity index is 1140. The second-order valence-electron chi connectivity index (χ2n) is 6.78. The lowest BCUT2D eigenvalue weighted by Gasteiger charge is -2.06. The van der Waals surface area contributed by atoms with E-state index in [-0.39, 0.29) is 29.5 Å². The number of amides is 1. The van der Waals surface area contributed by atoms with Gasteiger partial charge in [-0.25, -0.2) is 10.2 Å². The standard InChI is InChI=1S/C23H20N4O5/c1-16-5-9-19(10-6-16)24-15-22(28)26-25-14-17-3-2-4-21(13-17)32-23(29)18-7-11-20(12-8-18)27(30)31/h2-14,24H,15H2,1H3,(H,26,28). The molecule has 2 N–H and O–H groups in total. The molecule has 0 aromatic heterocycles. The number of ether oxygens (including phenoxy) is 1. The highest BCUT2D eigenvalue weighted by Crippen LogP contribution is 2.16. The van der Waals surface area contributed by atoms with Gasteiger partial charge in [0.2, 0.25) is 0 Å². The molecule has 0 aliphatic heterocycles. The molecular formula is C23H20N4O5. The first kappa shape index (κ1) is 22.2. The fourth-order valence-electron chi connectivity index (χ4n) is 2.62. The number of nitrogens with zero attached hydrogens (tertiary/aromatic N) is 2. The van der Waals surface area contributed by atoms with E-state index in [2.05, 4.69) is 15.8 Å². The summed E-state index contributed by atoms with van der Waals surface area (Å²) < 4.78 is 5.30. The lowest BCUT2D eigenvalue weighted by atomic mass is 10.2. The molecule has 0 atom stereocenters. The van der Waals surface area contributed by atoms with Gasteiger partial charge >= 0.3 is 5.97 Å². The van der Waals surface area contributed by atoms with Crippen LogP contribution in [-0.4, -0.2) is 29.6 Å². The number of hydrogen-bond acceptors (Lipinski definition) is 7. The van der Waals surface area contributed by atoms with E-state index < -0.39 is 10.9 Å². The van der Waals surface area contributed by atoms with E-state index in [0.29, 0.717) is 5.56 Å². The zero-order valence-electron chi connectivity index (χ0n) is 17.1. The summed E-state index contributed by atoms with van der Waals surface area (Å²) in [6.45, 7) is 2.05. The van der Waals surface area contributed by atoms with Crippen LogP contribution in [0.1, 0.15) is 21.5 Å². The third-order valence-corrected chi connectivity index (χ3v) is 4.29. The van der Waals surface area contributed by atoms with Crippen LogP contribution < -0.4 is 15.5 Å². The minimum atomic E-state index is -0.649. The van der Waals surface area contributed by atoms with E-state index in [4.69, 9.17) is 4.74 Å². The quantitative estimate of drug-likeness (QED) is 0.184. The molecule has 1 amide bonds. The smallest absolute Gasteiger partial charge is 0.343 e. The van der Waals surface area contributed by atoms with E-state index in [1.807, 2.05) is 31.2 Å². The highest BCUT2D eigenvalue weighted by atomic mass is 16.6. The predicted octanol–water partition coefficient (Wildman–Crippen LogP) is 3.68. The van der Waals surface area contributed by atoms with Crippen LogP contribution in [-0.2, 0) is 4.79 Å². The lowest BCUT2D eigenvalue weighted by Crippen LogP contribution is -2.25. The van der Waals surface area contributed by atoms with E-state index in [1.54, 1.807) is 24.3 Å². The van der Waals surface area contributed by atoms with Gasteiger partial charge in [0.25, 0.3) is 11.6 Å². The monoisotopic (exact) mass is 432 g/mol. The number of aryl methyl sites for hydroxylation is 1. The number of nitro benzene ring substituents is 1. The Hall–Kier alpha value is -4.53. The molecule has 3 rings (SSSR count). The number of rotatable bonds is 8. The van der Waals surface area contributed by atoms with Crippen molar-refractivity contribution < 1.29 is 19.2 Å². The average Bonchev–Trinajstić information content (AvgIpc) is 2.79. The molecule has 0 saturated heterocycles. The topological polar surface area (TPSA) is 123 Å². The van der Waals surface area contributed by atoms with Crippen molar-refractivity contribution in [3.63, 3.8) is 0 Å². The normalized spacial score (nSPS) is 10.5. The summed E-state index contributed by atoms with van der Waals surface area (Å²) in [7, 11) is 0. The molecule has 0 bridgehead atoms. The Labute approximate surface area is 183 Å². The van der Waals surface area contributed by atoms with Gasteiger partial charge in [0.05, 0.1) is 23.2 Å². The molecule has 0 aliphatic rings. The Balaban J connectivity index is 1.51. The van der Waals surface area contributed by atoms with Crippen LogP contribution in [0.5, 0.6) is 5.75 Å². The summed E-state index contributed by atoms with van der Waals surface area (Å²) in [5.74, 6) is -0.697. The van der Waals surface area contributed by atoms with E-state index >= 15 is 0 Å². The second kappa shape index (κ2) is 10.5. The van der Waals surface area contributed by atoms with Crippen molar-refractivity contribution in [1.29, 1.82) is 0 Å². The van der Waals surface area contributed by atoms with Crippen LogP contribution in [0.2, 0.25) is 0 Å². The first-order valence-electron chi connectivity index (χ1n) is 9.60. The van der Waals surface area contributed by atoms with Gasteiger partial charge < -0.3 is 10.1 Å². The first-order valence-corrected chi connectivity index (χ1v) is 9.60. The molecule has 3 aromatic rings. The zero-order chi connectivity index (χ0) is 22.9. The summed E-state index contributed by atoms with van der Waals surface area (Å²) in [6.07, 6.45) is 1.42. The molecular weight excluding hydrogens is 412 g/mol. The summed E-state index contributed by atoms with van der Waals surface area (Å²) in [4.78, 5) is 34.3. The van der Waals surface area contributed by atoms with Crippen molar-refractivity contribution >= 4 is 29.5 Å². The number of benzene rings is 3. The van der Waals surface area contributed by atoms with Crippen molar-refractivity contribution in [3.8, 4) is 5.75 Å². The van der Waals surface area contributed by atoms with Gasteiger partial charge in [0.15, 0.2) is 0 Å². The maximum atomic E-state index is 12.2. The summed E-state index contributed by atoms with van der Waals surface area (Å²) in [5.41, 5.74) is 5.05. The molecule has 0 fully saturated rings. The Morgan fingerprint density at radius 3 is 2.47 bits per heavy atom. The van der Waals surface area contributed by atoms with Gasteiger partial charge in [0, 0.05) is 17.8 Å². The number of esters is 1. The van der Waals surface area contributed by atoms with Crippen molar-refractivity contribution in [2.45, 2.75) is 6.92 Å². The van der Waals surface area contributed by atoms with Gasteiger partial charge in [-0.05, 0) is 48.9 Å². The molecule has 0 heterocycles. The van der Waals surface area contributed by atoms with Gasteiger partial charge in [0.1, 0.15) is 5.75 Å². The van der Waals surface area contributed by atoms with Gasteiger partial charge in [-0.15, -0.1) is 0 Å². The molecule has 0 spiro atoms. The third-order valence-electron chi connectivity index (χ3n) is 4.29. The molecule has 9 nitrogen and oxygen atoms in total. The number of anilines is 1. The largest absolute Gasteiger partial charge is 0.423 e. The Morgan fingerprint density at radius 2 is 1.78 bits per heavy atom. The molecule has 0 saturated carbocycles. The molecule has 162 valence electrons. The van der Waals surface area contributed by atoms with Crippen molar-refractivity contribution in [3.05, 3.63) is 99.6 Å². The molecule has 32 heavy (non-hydrogen) atoms. The number of non-ortho nitro benzene ring substituents is 1. The number of nitro groups is 1. The molecule has 0 radical (unpaired) electrons. The lowest BCUT2D eigenvalue weighted by molar-refractivity contribution is -0.384. The molecule has 9 heteroatoms. The number of nitrogens with one attached hydrogen (secondary N) is 2. The minimum Gasteiger partial charge on any atom is -0.423 e. The van der Waals surface area contributed by atoms with E-state index in [9.17, 15) is 19.7 Å². The Kier molecular flexibility index (Phi) is 7.26. The SMILES string of the molecule is Cc1ccc(NCC(=O)NN=Cc2cccc(OC(=O)c3ccc([N+](=O)[O-])cc3)c2)cc1. The summed E-state index contributed by atoms with van der Waals surface area (Å²) in [6, 6.07) is 19.3. The van der Waals surface area contributed by atoms with Crippen molar-refractivity contribution in [2.75, 3.05) is 11.9 Å². The zero-order valence-corrected chi connectivity index (χ0v) is 17.1. The van der Waals surface area contributed by atoms with E-state index in [0.717, 1.165) is 11.3 Å². The molecule has 0 aliphatic carbocycles. The fourth-order valence-corrected chi connectivity index (χ4v) is 2.62. The number of carbonyl (C=O) groups is 2. The highest BCUT2D eigenvalue weighted by molar-refractivity contribution is 5.91. The van der Waals surface area contributed by atoms with Crippen LogP contribution in [0.25, 0.3) is 0 Å². The van der Waals surface area contributed by atoms with Crippen LogP contribution in [0.15, 0.2) is 77.9 Å². The fraction of sp³-hybridized carbons (Fsp3) is 0.0870. The number of hydrogen-bond donors (Lipinski definition) is 2. The first-order chi connectivity index (χ1) is 15.4. The van der Waals surface area contributed by atoms with Crippen molar-refractivity contribution in [1.82, 2.24) is 5.43 Å². The highest BCUT2D eigenvalue weighted by Gasteiger charge is 2.11. The number of carbonyl (C=O) groups excluding carboxylic acids is 2. The Morgan fingerprint density at radius 1 is 1.06 bits per heavy atom. The predicted molar refractivity (Wildman–Crippen MR) is 120 cm³/mol. The van der Waals surface area contributed by atoms with Crippen LogP contribution in [0, 0.1) is 17.0 Å². The summed E-state index contributed by atoms with van der Waals surface area (Å²) in [5, 5.41) is 17.6. The molecule has 0 unspecified atom stereocenters. The van der Waals surface area contributed by atoms with Gasteiger partial charge in [-0.2, -0.15) is 5.10 Å². The van der Waals surface area contributed by atoms with Crippen LogP contribution in [0.4, 0.5) is 11.4 Å². The number of hydrazone groups is 1. The maximum absolute atomic E-state index is 12.2.